The van der Waals surface area contributed by atoms with E-state index in [0.717, 1.165) is 38.4 Å². The molecule has 0 aliphatic carbocycles. The van der Waals surface area contributed by atoms with Gasteiger partial charge in [0.05, 0.1) is 0 Å². The molecule has 1 aliphatic heterocycles. The van der Waals surface area contributed by atoms with Gasteiger partial charge >= 0.3 is 0 Å². The van der Waals surface area contributed by atoms with Crippen molar-refractivity contribution in [1.29, 1.82) is 0 Å². The van der Waals surface area contributed by atoms with Gasteiger partial charge in [0.2, 0.25) is 6.39 Å². The van der Waals surface area contributed by atoms with Crippen LogP contribution in [0.2, 0.25) is 0 Å². The van der Waals surface area contributed by atoms with E-state index < -0.39 is 0 Å². The second kappa shape index (κ2) is 4.52. The van der Waals surface area contributed by atoms with Gasteiger partial charge in [0.15, 0.2) is 5.82 Å². The third-order valence-electron chi connectivity index (χ3n) is 2.51. The Morgan fingerprint density at radius 3 is 3.36 bits per heavy atom. The van der Waals surface area contributed by atoms with Gasteiger partial charge in [-0.2, -0.15) is 4.98 Å². The summed E-state index contributed by atoms with van der Waals surface area (Å²) in [5.41, 5.74) is 0. The lowest BCUT2D eigenvalue weighted by Gasteiger charge is -2.31. The van der Waals surface area contributed by atoms with E-state index in [0.29, 0.717) is 6.04 Å². The molecule has 78 valence electrons. The largest absolute Gasteiger partial charge is 0.343 e. The monoisotopic (exact) mass is 196 g/mol. The molecule has 0 aromatic carbocycles. The number of nitrogens with one attached hydrogen (secondary N) is 1. The van der Waals surface area contributed by atoms with Gasteiger partial charge in [-0.25, -0.2) is 0 Å². The number of piperazine rings is 1. The van der Waals surface area contributed by atoms with Crippen molar-refractivity contribution in [3.63, 3.8) is 0 Å². The van der Waals surface area contributed by atoms with Gasteiger partial charge in [-0.05, 0) is 6.92 Å². The maximum Gasteiger partial charge on any atom is 0.213 e. The number of nitrogens with zero attached hydrogens (tertiary/aromatic N) is 3. The SMILES string of the molecule is CC1CN(CCc2ncon2)CCN1. The van der Waals surface area contributed by atoms with Gasteiger partial charge in [0, 0.05) is 38.6 Å². The first-order valence-corrected chi connectivity index (χ1v) is 5.05. The Balaban J connectivity index is 1.75. The smallest absolute Gasteiger partial charge is 0.213 e. The molecule has 0 spiro atoms. The predicted octanol–water partition coefficient (Wildman–Crippen LogP) is -0.0942. The normalized spacial score (nSPS) is 23.9. The quantitative estimate of drug-likeness (QED) is 0.732. The van der Waals surface area contributed by atoms with Crippen LogP contribution in [0.1, 0.15) is 12.7 Å². The van der Waals surface area contributed by atoms with Crippen LogP contribution in [0, 0.1) is 0 Å². The fourth-order valence-electron chi connectivity index (χ4n) is 1.78. The third kappa shape index (κ3) is 2.52. The zero-order chi connectivity index (χ0) is 9.80. The summed E-state index contributed by atoms with van der Waals surface area (Å²) in [5.74, 6) is 0.802. The van der Waals surface area contributed by atoms with Crippen LogP contribution in [-0.2, 0) is 6.42 Å². The van der Waals surface area contributed by atoms with Gasteiger partial charge in [0.25, 0.3) is 0 Å². The molecule has 1 unspecified atom stereocenters. The topological polar surface area (TPSA) is 54.2 Å². The van der Waals surface area contributed by atoms with Crippen molar-refractivity contribution in [3.8, 4) is 0 Å². The van der Waals surface area contributed by atoms with E-state index in [1.165, 1.54) is 6.39 Å². The minimum absolute atomic E-state index is 0.592. The summed E-state index contributed by atoms with van der Waals surface area (Å²) in [6, 6.07) is 0.592. The molecular formula is C9H16N4O. The van der Waals surface area contributed by atoms with E-state index in [2.05, 4.69) is 31.8 Å². The summed E-state index contributed by atoms with van der Waals surface area (Å²) in [4.78, 5) is 6.43. The highest BCUT2D eigenvalue weighted by Gasteiger charge is 2.15. The lowest BCUT2D eigenvalue weighted by Crippen LogP contribution is -2.49. The second-order valence-corrected chi connectivity index (χ2v) is 3.75. The molecule has 2 heterocycles. The maximum atomic E-state index is 4.68. The average Bonchev–Trinajstić information content (AvgIpc) is 2.67. The van der Waals surface area contributed by atoms with Crippen LogP contribution in [0.25, 0.3) is 0 Å². The van der Waals surface area contributed by atoms with Crippen LogP contribution in [0.15, 0.2) is 10.9 Å². The van der Waals surface area contributed by atoms with Crippen LogP contribution >= 0.6 is 0 Å². The van der Waals surface area contributed by atoms with Gasteiger partial charge in [0.1, 0.15) is 0 Å². The van der Waals surface area contributed by atoms with Crippen molar-refractivity contribution < 1.29 is 4.52 Å². The molecule has 14 heavy (non-hydrogen) atoms. The number of hydrogen-bond donors (Lipinski definition) is 1. The molecule has 1 aromatic rings. The second-order valence-electron chi connectivity index (χ2n) is 3.75. The zero-order valence-corrected chi connectivity index (χ0v) is 8.44. The summed E-state index contributed by atoms with van der Waals surface area (Å²) in [5, 5.41) is 7.20. The van der Waals surface area contributed by atoms with E-state index in [4.69, 9.17) is 0 Å². The summed E-state index contributed by atoms with van der Waals surface area (Å²) >= 11 is 0. The summed E-state index contributed by atoms with van der Waals surface area (Å²) in [6.45, 7) is 6.53. The fourth-order valence-corrected chi connectivity index (χ4v) is 1.78. The minimum atomic E-state index is 0.592. The van der Waals surface area contributed by atoms with Crippen LogP contribution < -0.4 is 5.32 Å². The third-order valence-corrected chi connectivity index (χ3v) is 2.51. The van der Waals surface area contributed by atoms with Crippen molar-refractivity contribution in [3.05, 3.63) is 12.2 Å². The molecule has 1 fully saturated rings. The summed E-state index contributed by atoms with van der Waals surface area (Å²) in [7, 11) is 0. The Labute approximate surface area is 83.5 Å². The molecule has 5 heteroatoms. The van der Waals surface area contributed by atoms with Crippen LogP contribution in [0.3, 0.4) is 0 Å². The molecule has 5 nitrogen and oxygen atoms in total. The molecule has 1 aromatic heterocycles. The minimum Gasteiger partial charge on any atom is -0.343 e. The molecule has 2 rings (SSSR count). The number of aromatic nitrogens is 2. The maximum absolute atomic E-state index is 4.68. The molecule has 1 aliphatic rings. The highest BCUT2D eigenvalue weighted by atomic mass is 16.5. The van der Waals surface area contributed by atoms with E-state index >= 15 is 0 Å². The van der Waals surface area contributed by atoms with E-state index in [9.17, 15) is 0 Å². The average molecular weight is 196 g/mol. The van der Waals surface area contributed by atoms with Gasteiger partial charge in [-0.3, -0.25) is 0 Å². The van der Waals surface area contributed by atoms with Crippen molar-refractivity contribution in [1.82, 2.24) is 20.4 Å². The van der Waals surface area contributed by atoms with Gasteiger partial charge in [-0.15, -0.1) is 0 Å². The standard InChI is InChI=1S/C9H16N4O/c1-8-6-13(5-3-10-8)4-2-9-11-7-14-12-9/h7-8,10H,2-6H2,1H3. The van der Waals surface area contributed by atoms with Crippen molar-refractivity contribution in [2.24, 2.45) is 0 Å². The molecule has 1 saturated heterocycles. The van der Waals surface area contributed by atoms with Crippen LogP contribution in [0.5, 0.6) is 0 Å². The molecule has 0 radical (unpaired) electrons. The highest BCUT2D eigenvalue weighted by Crippen LogP contribution is 2.00. The summed E-state index contributed by atoms with van der Waals surface area (Å²) in [6.07, 6.45) is 2.26. The lowest BCUT2D eigenvalue weighted by atomic mass is 10.2. The molecule has 0 saturated carbocycles. The van der Waals surface area contributed by atoms with E-state index in [1.54, 1.807) is 0 Å². The zero-order valence-electron chi connectivity index (χ0n) is 8.44. The van der Waals surface area contributed by atoms with Crippen molar-refractivity contribution in [2.45, 2.75) is 19.4 Å². The van der Waals surface area contributed by atoms with Gasteiger partial charge in [-0.1, -0.05) is 5.16 Å². The van der Waals surface area contributed by atoms with Crippen molar-refractivity contribution >= 4 is 0 Å². The van der Waals surface area contributed by atoms with E-state index in [1.807, 2.05) is 0 Å². The molecule has 1 atom stereocenters. The van der Waals surface area contributed by atoms with Crippen molar-refractivity contribution in [2.75, 3.05) is 26.2 Å². The Kier molecular flexibility index (Phi) is 3.10. The Bertz CT molecular complexity index is 262. The molecule has 0 bridgehead atoms. The molecule has 0 amide bonds. The predicted molar refractivity (Wildman–Crippen MR) is 51.9 cm³/mol. The Hall–Kier alpha value is -0.940. The summed E-state index contributed by atoms with van der Waals surface area (Å²) < 4.78 is 4.68. The number of rotatable bonds is 3. The first-order valence-electron chi connectivity index (χ1n) is 5.05. The van der Waals surface area contributed by atoms with E-state index in [-0.39, 0.29) is 0 Å². The fraction of sp³-hybridized carbons (Fsp3) is 0.778. The van der Waals surface area contributed by atoms with Gasteiger partial charge < -0.3 is 14.7 Å². The molecular weight excluding hydrogens is 180 g/mol. The highest BCUT2D eigenvalue weighted by molar-refractivity contribution is 4.82. The van der Waals surface area contributed by atoms with Crippen LogP contribution in [-0.4, -0.2) is 47.3 Å². The molecule has 1 N–H and O–H groups in total. The Morgan fingerprint density at radius 1 is 1.71 bits per heavy atom. The first kappa shape index (κ1) is 9.61. The lowest BCUT2D eigenvalue weighted by molar-refractivity contribution is 0.208. The Morgan fingerprint density at radius 2 is 2.64 bits per heavy atom. The first-order chi connectivity index (χ1) is 6.84. The van der Waals surface area contributed by atoms with Crippen LogP contribution in [0.4, 0.5) is 0 Å². The number of hydrogen-bond acceptors (Lipinski definition) is 5.